The Hall–Kier alpha value is -3.40. The van der Waals surface area contributed by atoms with Crippen molar-refractivity contribution in [3.05, 3.63) is 84.3 Å². The van der Waals surface area contributed by atoms with Crippen molar-refractivity contribution in [3.63, 3.8) is 0 Å². The van der Waals surface area contributed by atoms with Crippen molar-refractivity contribution in [2.45, 2.75) is 34.1 Å². The Balaban J connectivity index is 0.00000256. The number of benzene rings is 2. The van der Waals surface area contributed by atoms with E-state index in [1.54, 1.807) is 0 Å². The van der Waals surface area contributed by atoms with Gasteiger partial charge in [0.1, 0.15) is 5.82 Å². The van der Waals surface area contributed by atoms with Gasteiger partial charge in [-0.2, -0.15) is 5.10 Å². The van der Waals surface area contributed by atoms with Crippen LogP contribution in [-0.2, 0) is 19.9 Å². The van der Waals surface area contributed by atoms with Gasteiger partial charge in [-0.1, -0.05) is 52.1 Å². The number of aromatic nitrogens is 3. The van der Waals surface area contributed by atoms with Crippen LogP contribution in [0.15, 0.2) is 67.6 Å². The Bertz CT molecular complexity index is 1190. The van der Waals surface area contributed by atoms with Gasteiger partial charge in [-0.05, 0) is 58.7 Å². The summed E-state index contributed by atoms with van der Waals surface area (Å²) in [7, 11) is 1.93. The molecule has 2 heterocycles. The third kappa shape index (κ3) is 4.28. The smallest absolute Gasteiger partial charge is 0.130 e. The highest BCUT2D eigenvalue weighted by molar-refractivity contribution is 5.89. The first-order chi connectivity index (χ1) is 14.1. The molecule has 0 amide bonds. The zero-order chi connectivity index (χ0) is 20.4. The lowest BCUT2D eigenvalue weighted by atomic mass is 9.99. The summed E-state index contributed by atoms with van der Waals surface area (Å²) in [6.07, 6.45) is 7.88. The highest BCUT2D eigenvalue weighted by Gasteiger charge is 2.07. The van der Waals surface area contributed by atoms with Gasteiger partial charge in [-0.15, -0.1) is 0 Å². The average molecular weight is 399 g/mol. The van der Waals surface area contributed by atoms with E-state index in [1.807, 2.05) is 30.3 Å². The van der Waals surface area contributed by atoms with Crippen LogP contribution in [0.5, 0.6) is 0 Å². The fraction of sp³-hybridized carbons (Fsp3) is 0.231. The number of nitrogens with one attached hydrogen (secondary N) is 1. The first-order valence-electron chi connectivity index (χ1n) is 10.0. The fourth-order valence-corrected chi connectivity index (χ4v) is 3.67. The second-order valence-electron chi connectivity index (χ2n) is 7.33. The van der Waals surface area contributed by atoms with Crippen LogP contribution in [0.3, 0.4) is 0 Å². The van der Waals surface area contributed by atoms with Gasteiger partial charge in [0.2, 0.25) is 0 Å². The number of hydrogen-bond acceptors (Lipinski definition) is 3. The summed E-state index contributed by atoms with van der Waals surface area (Å²) in [5.74, 6) is 0.795. The van der Waals surface area contributed by atoms with Crippen LogP contribution in [0, 0.1) is 0 Å². The number of anilines is 1. The summed E-state index contributed by atoms with van der Waals surface area (Å²) in [5.41, 5.74) is 6.98. The lowest BCUT2D eigenvalue weighted by Gasteiger charge is -2.13. The molecule has 4 nitrogen and oxygen atoms in total. The molecular formula is C26H30N4. The predicted octanol–water partition coefficient (Wildman–Crippen LogP) is 6.48. The monoisotopic (exact) mass is 398 g/mol. The van der Waals surface area contributed by atoms with E-state index in [4.69, 9.17) is 0 Å². The van der Waals surface area contributed by atoms with Gasteiger partial charge in [0, 0.05) is 36.1 Å². The summed E-state index contributed by atoms with van der Waals surface area (Å²) in [5, 5.41) is 9.89. The molecule has 0 bridgehead atoms. The number of hydrogen-bond donors (Lipinski definition) is 1. The molecule has 0 fully saturated rings. The van der Waals surface area contributed by atoms with Crippen LogP contribution in [0.25, 0.3) is 27.6 Å². The Morgan fingerprint density at radius 1 is 0.933 bits per heavy atom. The normalized spacial score (nSPS) is 10.6. The second-order valence-corrected chi connectivity index (χ2v) is 7.33. The van der Waals surface area contributed by atoms with Crippen molar-refractivity contribution in [2.75, 3.05) is 5.32 Å². The minimum absolute atomic E-state index is 0. The minimum atomic E-state index is 0. The van der Waals surface area contributed by atoms with E-state index in [-0.39, 0.29) is 7.43 Å². The molecule has 4 heteroatoms. The zero-order valence-corrected chi connectivity index (χ0v) is 17.2. The van der Waals surface area contributed by atoms with E-state index in [2.05, 4.69) is 78.3 Å². The van der Waals surface area contributed by atoms with Crippen LogP contribution >= 0.6 is 0 Å². The van der Waals surface area contributed by atoms with Crippen molar-refractivity contribution < 1.29 is 0 Å². The van der Waals surface area contributed by atoms with Gasteiger partial charge in [0.05, 0.1) is 6.20 Å². The van der Waals surface area contributed by atoms with Crippen molar-refractivity contribution in [2.24, 2.45) is 7.05 Å². The minimum Gasteiger partial charge on any atom is -0.340 e. The Kier molecular flexibility index (Phi) is 6.36. The van der Waals surface area contributed by atoms with Gasteiger partial charge in [0.15, 0.2) is 0 Å². The third-order valence-electron chi connectivity index (χ3n) is 5.36. The van der Waals surface area contributed by atoms with Gasteiger partial charge in [0.25, 0.3) is 0 Å². The van der Waals surface area contributed by atoms with Crippen molar-refractivity contribution in [1.82, 2.24) is 14.8 Å². The summed E-state index contributed by atoms with van der Waals surface area (Å²) < 4.78 is 1.82. The largest absolute Gasteiger partial charge is 0.340 e. The topological polar surface area (TPSA) is 42.7 Å². The molecule has 30 heavy (non-hydrogen) atoms. The predicted molar refractivity (Wildman–Crippen MR) is 129 cm³/mol. The highest BCUT2D eigenvalue weighted by atomic mass is 15.2. The number of fused-ring (bicyclic) bond motifs is 1. The van der Waals surface area contributed by atoms with Crippen molar-refractivity contribution in [3.8, 4) is 11.1 Å². The second kappa shape index (κ2) is 8.95. The van der Waals surface area contributed by atoms with E-state index in [1.165, 1.54) is 11.1 Å². The highest BCUT2D eigenvalue weighted by Crippen LogP contribution is 2.26. The Labute approximate surface area is 179 Å². The zero-order valence-electron chi connectivity index (χ0n) is 17.2. The summed E-state index contributed by atoms with van der Waals surface area (Å²) in [4.78, 5) is 4.57. The van der Waals surface area contributed by atoms with Gasteiger partial charge < -0.3 is 5.32 Å². The number of nitrogens with zero attached hydrogens (tertiary/aromatic N) is 3. The quantitative estimate of drug-likeness (QED) is 0.404. The van der Waals surface area contributed by atoms with Crippen LogP contribution in [-0.4, -0.2) is 14.8 Å². The number of rotatable bonds is 6. The summed E-state index contributed by atoms with van der Waals surface area (Å²) >= 11 is 0. The van der Waals surface area contributed by atoms with Crippen LogP contribution < -0.4 is 5.32 Å². The molecule has 4 aromatic rings. The Morgan fingerprint density at radius 3 is 2.43 bits per heavy atom. The maximum atomic E-state index is 4.57. The lowest BCUT2D eigenvalue weighted by Crippen LogP contribution is -2.01. The van der Waals surface area contributed by atoms with Crippen LogP contribution in [0.1, 0.15) is 38.0 Å². The van der Waals surface area contributed by atoms with E-state index in [9.17, 15) is 0 Å². The standard InChI is InChI=1S/C25H26N4.CH4/c1-5-18-7-8-20(11-19(18)6-2)17(3)28-25-13-23-12-21(9-10-22(23)14-26-25)24-15-27-29(4)16-24;/h7-16H,3,5-6H2,1-2,4H3,(H,26,28);1H4. The van der Waals surface area contributed by atoms with Gasteiger partial charge in [-0.3, -0.25) is 4.68 Å². The first kappa shape index (κ1) is 21.3. The average Bonchev–Trinajstić information content (AvgIpc) is 3.19. The van der Waals surface area contributed by atoms with E-state index >= 15 is 0 Å². The number of aryl methyl sites for hydroxylation is 3. The van der Waals surface area contributed by atoms with Crippen molar-refractivity contribution in [1.29, 1.82) is 0 Å². The molecule has 4 rings (SSSR count). The summed E-state index contributed by atoms with van der Waals surface area (Å²) in [6, 6.07) is 15.0. The van der Waals surface area contributed by atoms with E-state index < -0.39 is 0 Å². The molecule has 0 unspecified atom stereocenters. The fourth-order valence-electron chi connectivity index (χ4n) is 3.67. The molecular weight excluding hydrogens is 368 g/mol. The lowest BCUT2D eigenvalue weighted by molar-refractivity contribution is 0.768. The molecule has 0 saturated heterocycles. The van der Waals surface area contributed by atoms with Crippen molar-refractivity contribution >= 4 is 22.3 Å². The number of pyridine rings is 1. The first-order valence-corrected chi connectivity index (χ1v) is 10.0. The maximum absolute atomic E-state index is 4.57. The molecule has 0 spiro atoms. The molecule has 0 radical (unpaired) electrons. The van der Waals surface area contributed by atoms with Gasteiger partial charge >= 0.3 is 0 Å². The molecule has 2 aromatic carbocycles. The SMILES string of the molecule is C.C=C(Nc1cc2cc(-c3cnn(C)c3)ccc2cn1)c1ccc(CC)c(CC)c1. The third-order valence-corrected chi connectivity index (χ3v) is 5.36. The van der Waals surface area contributed by atoms with Crippen LogP contribution in [0.4, 0.5) is 5.82 Å². The molecule has 0 atom stereocenters. The molecule has 0 saturated carbocycles. The Morgan fingerprint density at radius 2 is 1.73 bits per heavy atom. The molecule has 0 aliphatic heterocycles. The van der Waals surface area contributed by atoms with Crippen LogP contribution in [0.2, 0.25) is 0 Å². The molecule has 0 aliphatic carbocycles. The maximum Gasteiger partial charge on any atom is 0.130 e. The van der Waals surface area contributed by atoms with E-state index in [0.29, 0.717) is 0 Å². The summed E-state index contributed by atoms with van der Waals surface area (Å²) in [6.45, 7) is 8.63. The molecule has 0 aliphatic rings. The van der Waals surface area contributed by atoms with Gasteiger partial charge in [-0.25, -0.2) is 4.98 Å². The van der Waals surface area contributed by atoms with E-state index in [0.717, 1.165) is 51.8 Å². The molecule has 154 valence electrons. The molecule has 2 aromatic heterocycles. The molecule has 1 N–H and O–H groups in total.